The molecular weight excluding hydrogens is 398 g/mol. The highest BCUT2D eigenvalue weighted by atomic mass is 32.1. The summed E-state index contributed by atoms with van der Waals surface area (Å²) >= 11 is 1.55. The zero-order chi connectivity index (χ0) is 21.1. The molecule has 0 aliphatic carbocycles. The first-order valence-electron chi connectivity index (χ1n) is 10.2. The Labute approximate surface area is 181 Å². The van der Waals surface area contributed by atoms with Gasteiger partial charge in [-0.1, -0.05) is 18.2 Å². The fourth-order valence-electron chi connectivity index (χ4n) is 3.62. The minimum atomic E-state index is -0.119. The van der Waals surface area contributed by atoms with Gasteiger partial charge in [0.25, 0.3) is 5.91 Å². The third-order valence-corrected chi connectivity index (χ3v) is 6.15. The number of hydrogen-bond acceptors (Lipinski definition) is 6. The maximum atomic E-state index is 13.5. The molecule has 0 saturated carbocycles. The number of benzene rings is 1. The van der Waals surface area contributed by atoms with Gasteiger partial charge >= 0.3 is 0 Å². The predicted octanol–water partition coefficient (Wildman–Crippen LogP) is 4.60. The number of carbonyl (C=O) groups excluding carboxylic acids is 1. The second-order valence-corrected chi connectivity index (χ2v) is 8.73. The van der Waals surface area contributed by atoms with Crippen LogP contribution in [0.5, 0.6) is 0 Å². The molecule has 1 atom stereocenters. The molecule has 1 saturated heterocycles. The lowest BCUT2D eigenvalue weighted by Gasteiger charge is -2.25. The predicted molar refractivity (Wildman–Crippen MR) is 119 cm³/mol. The van der Waals surface area contributed by atoms with Gasteiger partial charge in [-0.2, -0.15) is 0 Å². The number of oxazole rings is 1. The van der Waals surface area contributed by atoms with E-state index < -0.39 is 0 Å². The van der Waals surface area contributed by atoms with Crippen molar-refractivity contribution >= 4 is 22.9 Å². The largest absolute Gasteiger partial charge is 0.440 e. The summed E-state index contributed by atoms with van der Waals surface area (Å²) in [5, 5.41) is 1.97. The Hall–Kier alpha value is -2.64. The Morgan fingerprint density at radius 1 is 1.23 bits per heavy atom. The molecule has 1 fully saturated rings. The number of hydrogen-bond donors (Lipinski definition) is 0. The van der Waals surface area contributed by atoms with Gasteiger partial charge in [0.05, 0.1) is 11.0 Å². The average molecular weight is 426 g/mol. The van der Waals surface area contributed by atoms with E-state index >= 15 is 0 Å². The summed E-state index contributed by atoms with van der Waals surface area (Å²) in [4.78, 5) is 22.8. The number of rotatable bonds is 7. The highest BCUT2D eigenvalue weighted by Gasteiger charge is 2.27. The first-order valence-corrected chi connectivity index (χ1v) is 11.1. The van der Waals surface area contributed by atoms with Gasteiger partial charge in [0.1, 0.15) is 5.76 Å². The molecule has 1 amide bonds. The van der Waals surface area contributed by atoms with Crippen LogP contribution in [0.1, 0.15) is 34.7 Å². The summed E-state index contributed by atoms with van der Waals surface area (Å²) < 4.78 is 11.6. The van der Waals surface area contributed by atoms with Crippen molar-refractivity contribution in [3.63, 3.8) is 0 Å². The van der Waals surface area contributed by atoms with Crippen LogP contribution in [0, 0.1) is 6.92 Å². The second-order valence-electron chi connectivity index (χ2n) is 7.78. The number of aromatic nitrogens is 1. The molecule has 1 aliphatic rings. The normalized spacial score (nSPS) is 16.0. The molecule has 0 N–H and O–H groups in total. The van der Waals surface area contributed by atoms with Crippen LogP contribution in [0.4, 0.5) is 5.69 Å². The third kappa shape index (κ3) is 4.57. The van der Waals surface area contributed by atoms with Gasteiger partial charge in [0, 0.05) is 39.5 Å². The Morgan fingerprint density at radius 2 is 2.03 bits per heavy atom. The molecular formula is C23H27N3O3S. The van der Waals surface area contributed by atoms with Crippen molar-refractivity contribution < 1.29 is 13.9 Å². The van der Waals surface area contributed by atoms with E-state index in [9.17, 15) is 4.79 Å². The van der Waals surface area contributed by atoms with E-state index in [4.69, 9.17) is 9.15 Å². The molecule has 7 heteroatoms. The van der Waals surface area contributed by atoms with Crippen molar-refractivity contribution in [2.75, 3.05) is 32.1 Å². The maximum absolute atomic E-state index is 13.5. The van der Waals surface area contributed by atoms with Crippen LogP contribution >= 0.6 is 11.3 Å². The van der Waals surface area contributed by atoms with Crippen LogP contribution in [0.2, 0.25) is 0 Å². The maximum Gasteiger partial charge on any atom is 0.276 e. The van der Waals surface area contributed by atoms with Crippen LogP contribution in [-0.2, 0) is 11.3 Å². The minimum absolute atomic E-state index is 0.0685. The first-order chi connectivity index (χ1) is 14.5. The molecule has 1 aromatic carbocycles. The summed E-state index contributed by atoms with van der Waals surface area (Å²) in [5.74, 6) is 0.924. The van der Waals surface area contributed by atoms with E-state index in [1.807, 2.05) is 36.5 Å². The van der Waals surface area contributed by atoms with Gasteiger partial charge in [-0.25, -0.2) is 4.98 Å². The molecule has 0 radical (unpaired) electrons. The summed E-state index contributed by atoms with van der Waals surface area (Å²) in [7, 11) is 4.03. The van der Waals surface area contributed by atoms with Gasteiger partial charge < -0.3 is 19.0 Å². The number of anilines is 1. The van der Waals surface area contributed by atoms with E-state index in [1.54, 1.807) is 18.3 Å². The molecule has 3 aromatic rings. The van der Waals surface area contributed by atoms with Gasteiger partial charge in [0.15, 0.2) is 5.69 Å². The zero-order valence-electron chi connectivity index (χ0n) is 17.6. The summed E-state index contributed by atoms with van der Waals surface area (Å²) in [6, 6.07) is 12.2. The lowest BCUT2D eigenvalue weighted by Crippen LogP contribution is -2.37. The Morgan fingerprint density at radius 3 is 2.67 bits per heavy atom. The SMILES string of the molecule is Cc1oc(-c2cccs2)nc1C(=O)N(Cc1ccc(N(C)C)cc1)CC1CCCO1. The van der Waals surface area contributed by atoms with Gasteiger partial charge in [-0.3, -0.25) is 4.79 Å². The van der Waals surface area contributed by atoms with Crippen LogP contribution in [-0.4, -0.2) is 49.1 Å². The molecule has 4 rings (SSSR count). The van der Waals surface area contributed by atoms with Crippen molar-refractivity contribution in [1.29, 1.82) is 0 Å². The summed E-state index contributed by atoms with van der Waals surface area (Å²) in [6.45, 7) is 3.62. The highest BCUT2D eigenvalue weighted by molar-refractivity contribution is 7.13. The molecule has 1 aliphatic heterocycles. The van der Waals surface area contributed by atoms with Crippen LogP contribution < -0.4 is 4.90 Å². The number of ether oxygens (including phenoxy) is 1. The molecule has 158 valence electrons. The molecule has 3 heterocycles. The smallest absolute Gasteiger partial charge is 0.276 e. The fraction of sp³-hybridized carbons (Fsp3) is 0.391. The molecule has 30 heavy (non-hydrogen) atoms. The van der Waals surface area contributed by atoms with Gasteiger partial charge in [-0.15, -0.1) is 11.3 Å². The molecule has 0 spiro atoms. The molecule has 1 unspecified atom stereocenters. The number of amides is 1. The third-order valence-electron chi connectivity index (χ3n) is 5.29. The average Bonchev–Trinajstić information content (AvgIpc) is 3.49. The summed E-state index contributed by atoms with van der Waals surface area (Å²) in [5.41, 5.74) is 2.58. The van der Waals surface area contributed by atoms with Crippen LogP contribution in [0.25, 0.3) is 10.8 Å². The van der Waals surface area contributed by atoms with Crippen LogP contribution in [0.3, 0.4) is 0 Å². The fourth-order valence-corrected chi connectivity index (χ4v) is 4.27. The molecule has 2 aromatic heterocycles. The van der Waals surface area contributed by atoms with E-state index in [2.05, 4.69) is 34.1 Å². The number of aryl methyl sites for hydroxylation is 1. The monoisotopic (exact) mass is 425 g/mol. The van der Waals surface area contributed by atoms with E-state index in [1.165, 1.54) is 0 Å². The highest BCUT2D eigenvalue weighted by Crippen LogP contribution is 2.27. The van der Waals surface area contributed by atoms with Crippen molar-refractivity contribution in [3.8, 4) is 10.8 Å². The zero-order valence-corrected chi connectivity index (χ0v) is 18.4. The van der Waals surface area contributed by atoms with Crippen molar-refractivity contribution in [1.82, 2.24) is 9.88 Å². The van der Waals surface area contributed by atoms with Crippen molar-refractivity contribution in [2.45, 2.75) is 32.4 Å². The second kappa shape index (κ2) is 9.02. The minimum Gasteiger partial charge on any atom is -0.440 e. The standard InChI is InChI=1S/C23H27N3O3S/c1-16-21(24-22(29-16)20-7-5-13-30-20)23(27)26(15-19-6-4-12-28-19)14-17-8-10-18(11-9-17)25(2)3/h5,7-11,13,19H,4,6,12,14-15H2,1-3H3. The number of carbonyl (C=O) groups is 1. The number of thiophene rings is 1. The Bertz CT molecular complexity index is 974. The Balaban J connectivity index is 1.57. The van der Waals surface area contributed by atoms with E-state index in [-0.39, 0.29) is 12.0 Å². The lowest BCUT2D eigenvalue weighted by molar-refractivity contribution is 0.0502. The quantitative estimate of drug-likeness (QED) is 0.554. The van der Waals surface area contributed by atoms with Gasteiger partial charge in [0.2, 0.25) is 5.89 Å². The topological polar surface area (TPSA) is 58.8 Å². The molecule has 6 nitrogen and oxygen atoms in total. The van der Waals surface area contributed by atoms with E-state index in [0.29, 0.717) is 30.4 Å². The summed E-state index contributed by atoms with van der Waals surface area (Å²) in [6.07, 6.45) is 2.08. The molecule has 0 bridgehead atoms. The first kappa shape index (κ1) is 20.6. The van der Waals surface area contributed by atoms with E-state index in [0.717, 1.165) is 35.6 Å². The van der Waals surface area contributed by atoms with Crippen molar-refractivity contribution in [2.24, 2.45) is 0 Å². The van der Waals surface area contributed by atoms with Crippen LogP contribution in [0.15, 0.2) is 46.2 Å². The van der Waals surface area contributed by atoms with Gasteiger partial charge in [-0.05, 0) is 48.9 Å². The Kier molecular flexibility index (Phi) is 6.20. The lowest BCUT2D eigenvalue weighted by atomic mass is 10.1. The number of nitrogens with zero attached hydrogens (tertiary/aromatic N) is 3. The van der Waals surface area contributed by atoms with Crippen molar-refractivity contribution in [3.05, 3.63) is 58.8 Å².